The topological polar surface area (TPSA) is 64.6 Å². The van der Waals surface area contributed by atoms with E-state index < -0.39 is 10.0 Å². The zero-order valence-corrected chi connectivity index (χ0v) is 15.0. The van der Waals surface area contributed by atoms with Crippen LogP contribution in [-0.4, -0.2) is 22.6 Å². The third-order valence-electron chi connectivity index (χ3n) is 2.53. The van der Waals surface area contributed by atoms with Crippen molar-refractivity contribution in [2.45, 2.75) is 4.21 Å². The summed E-state index contributed by atoms with van der Waals surface area (Å²) in [6, 6.07) is 6.13. The standard InChI is InChI=1S/C12H11BrClNO4S2/c1-18-9-5-7(14)8(6-10(9)19-2)15-21(16,17)12-4-3-11(13)20-12/h3-6,15H,1-2H3. The van der Waals surface area contributed by atoms with E-state index in [1.165, 1.54) is 32.4 Å². The third-order valence-corrected chi connectivity index (χ3v) is 6.32. The molecule has 1 aromatic heterocycles. The number of halogens is 2. The molecule has 0 aliphatic carbocycles. The zero-order chi connectivity index (χ0) is 15.6. The van der Waals surface area contributed by atoms with Gasteiger partial charge in [0.25, 0.3) is 10.0 Å². The second kappa shape index (κ2) is 6.43. The van der Waals surface area contributed by atoms with Gasteiger partial charge in [-0.15, -0.1) is 11.3 Å². The first kappa shape index (κ1) is 16.4. The normalized spacial score (nSPS) is 11.2. The molecule has 1 aromatic carbocycles. The molecule has 114 valence electrons. The molecular weight excluding hydrogens is 402 g/mol. The maximum absolute atomic E-state index is 12.3. The minimum Gasteiger partial charge on any atom is -0.493 e. The van der Waals surface area contributed by atoms with Gasteiger partial charge in [-0.2, -0.15) is 0 Å². The second-order valence-electron chi connectivity index (χ2n) is 3.85. The minimum absolute atomic E-state index is 0.181. The molecule has 0 fully saturated rings. The fraction of sp³-hybridized carbons (Fsp3) is 0.167. The number of thiophene rings is 1. The average molecular weight is 413 g/mol. The van der Waals surface area contributed by atoms with Gasteiger partial charge in [-0.25, -0.2) is 8.42 Å². The van der Waals surface area contributed by atoms with E-state index in [0.29, 0.717) is 11.5 Å². The molecule has 5 nitrogen and oxygen atoms in total. The number of benzene rings is 1. The molecule has 0 saturated carbocycles. The van der Waals surface area contributed by atoms with Crippen molar-refractivity contribution in [2.24, 2.45) is 0 Å². The molecule has 0 unspecified atom stereocenters. The summed E-state index contributed by atoms with van der Waals surface area (Å²) >= 11 is 10.4. The Morgan fingerprint density at radius 1 is 1.19 bits per heavy atom. The highest BCUT2D eigenvalue weighted by molar-refractivity contribution is 9.11. The molecule has 0 atom stereocenters. The lowest BCUT2D eigenvalue weighted by Crippen LogP contribution is -2.12. The van der Waals surface area contributed by atoms with Gasteiger partial charge in [0.05, 0.1) is 28.7 Å². The predicted molar refractivity (Wildman–Crippen MR) is 87.4 cm³/mol. The van der Waals surface area contributed by atoms with E-state index in [9.17, 15) is 8.42 Å². The lowest BCUT2D eigenvalue weighted by atomic mass is 10.3. The number of rotatable bonds is 5. The number of sulfonamides is 1. The van der Waals surface area contributed by atoms with E-state index in [1.807, 2.05) is 0 Å². The SMILES string of the molecule is COc1cc(Cl)c(NS(=O)(=O)c2ccc(Br)s2)cc1OC. The minimum atomic E-state index is -3.70. The number of nitrogens with one attached hydrogen (secondary N) is 1. The van der Waals surface area contributed by atoms with E-state index in [0.717, 1.165) is 15.1 Å². The van der Waals surface area contributed by atoms with Gasteiger partial charge < -0.3 is 9.47 Å². The highest BCUT2D eigenvalue weighted by Crippen LogP contribution is 2.37. The summed E-state index contributed by atoms with van der Waals surface area (Å²) < 4.78 is 38.1. The summed E-state index contributed by atoms with van der Waals surface area (Å²) in [6.45, 7) is 0. The van der Waals surface area contributed by atoms with Crippen LogP contribution in [0.25, 0.3) is 0 Å². The Labute approximate surface area is 140 Å². The van der Waals surface area contributed by atoms with Gasteiger partial charge in [-0.3, -0.25) is 4.72 Å². The summed E-state index contributed by atoms with van der Waals surface area (Å²) in [5.41, 5.74) is 0.221. The monoisotopic (exact) mass is 411 g/mol. The average Bonchev–Trinajstić information content (AvgIpc) is 2.88. The summed E-state index contributed by atoms with van der Waals surface area (Å²) in [5, 5.41) is 0.215. The highest BCUT2D eigenvalue weighted by atomic mass is 79.9. The number of hydrogen-bond donors (Lipinski definition) is 1. The van der Waals surface area contributed by atoms with Crippen molar-refractivity contribution in [3.63, 3.8) is 0 Å². The van der Waals surface area contributed by atoms with Crippen molar-refractivity contribution in [1.29, 1.82) is 0 Å². The van der Waals surface area contributed by atoms with E-state index in [1.54, 1.807) is 6.07 Å². The van der Waals surface area contributed by atoms with Crippen molar-refractivity contribution >= 4 is 54.6 Å². The molecular formula is C12H11BrClNO4S2. The van der Waals surface area contributed by atoms with Crippen LogP contribution < -0.4 is 14.2 Å². The molecule has 0 amide bonds. The van der Waals surface area contributed by atoms with Crippen LogP contribution in [0.4, 0.5) is 5.69 Å². The Hall–Kier alpha value is -0.960. The molecule has 0 bridgehead atoms. The summed E-state index contributed by atoms with van der Waals surface area (Å²) in [4.78, 5) is 0. The zero-order valence-electron chi connectivity index (χ0n) is 11.0. The first-order chi connectivity index (χ1) is 9.87. The summed E-state index contributed by atoms with van der Waals surface area (Å²) in [7, 11) is -0.770. The van der Waals surface area contributed by atoms with Crippen molar-refractivity contribution in [2.75, 3.05) is 18.9 Å². The fourth-order valence-corrected chi connectivity index (χ4v) is 4.91. The molecule has 0 saturated heterocycles. The van der Waals surface area contributed by atoms with Gasteiger partial charge in [-0.05, 0) is 28.1 Å². The van der Waals surface area contributed by atoms with E-state index >= 15 is 0 Å². The van der Waals surface area contributed by atoms with Gasteiger partial charge in [0.1, 0.15) is 4.21 Å². The molecule has 9 heteroatoms. The third kappa shape index (κ3) is 3.63. The molecule has 0 radical (unpaired) electrons. The smallest absolute Gasteiger partial charge is 0.271 e. The Morgan fingerprint density at radius 2 is 1.81 bits per heavy atom. The van der Waals surface area contributed by atoms with Crippen LogP contribution in [-0.2, 0) is 10.0 Å². The van der Waals surface area contributed by atoms with E-state index in [-0.39, 0.29) is 14.9 Å². The van der Waals surface area contributed by atoms with Crippen LogP contribution in [0.3, 0.4) is 0 Å². The van der Waals surface area contributed by atoms with Crippen molar-refractivity contribution in [3.05, 3.63) is 33.1 Å². The predicted octanol–water partition coefficient (Wildman–Crippen LogP) is 3.98. The summed E-state index contributed by atoms with van der Waals surface area (Å²) in [6.07, 6.45) is 0. The molecule has 1 heterocycles. The second-order valence-corrected chi connectivity index (χ2v) is 8.63. The summed E-state index contributed by atoms with van der Waals surface area (Å²) in [5.74, 6) is 0.802. The van der Waals surface area contributed by atoms with Crippen LogP contribution in [0.1, 0.15) is 0 Å². The fourth-order valence-electron chi connectivity index (χ4n) is 1.57. The van der Waals surface area contributed by atoms with E-state index in [2.05, 4.69) is 20.7 Å². The Kier molecular flexibility index (Phi) is 5.03. The van der Waals surface area contributed by atoms with Crippen molar-refractivity contribution in [3.8, 4) is 11.5 Å². The number of methoxy groups -OCH3 is 2. The lowest BCUT2D eigenvalue weighted by molar-refractivity contribution is 0.355. The first-order valence-electron chi connectivity index (χ1n) is 5.57. The van der Waals surface area contributed by atoms with Crippen LogP contribution in [0.5, 0.6) is 11.5 Å². The number of ether oxygens (including phenoxy) is 2. The van der Waals surface area contributed by atoms with Gasteiger partial charge in [0, 0.05) is 12.1 Å². The van der Waals surface area contributed by atoms with Crippen LogP contribution in [0.15, 0.2) is 32.3 Å². The number of hydrogen-bond acceptors (Lipinski definition) is 5. The Balaban J connectivity index is 2.39. The largest absolute Gasteiger partial charge is 0.493 e. The van der Waals surface area contributed by atoms with Gasteiger partial charge >= 0.3 is 0 Å². The molecule has 0 aliphatic rings. The molecule has 1 N–H and O–H groups in total. The van der Waals surface area contributed by atoms with E-state index in [4.69, 9.17) is 21.1 Å². The van der Waals surface area contributed by atoms with Crippen LogP contribution in [0, 0.1) is 0 Å². The molecule has 2 rings (SSSR count). The lowest BCUT2D eigenvalue weighted by Gasteiger charge is -2.13. The molecule has 2 aromatic rings. The van der Waals surface area contributed by atoms with Crippen molar-refractivity contribution in [1.82, 2.24) is 0 Å². The Morgan fingerprint density at radius 3 is 2.33 bits per heavy atom. The van der Waals surface area contributed by atoms with Gasteiger partial charge in [0.15, 0.2) is 11.5 Å². The van der Waals surface area contributed by atoms with Crippen LogP contribution in [0.2, 0.25) is 5.02 Å². The quantitative estimate of drug-likeness (QED) is 0.806. The van der Waals surface area contributed by atoms with Crippen LogP contribution >= 0.6 is 38.9 Å². The maximum atomic E-state index is 12.3. The van der Waals surface area contributed by atoms with Gasteiger partial charge in [0.2, 0.25) is 0 Å². The molecule has 0 spiro atoms. The maximum Gasteiger partial charge on any atom is 0.271 e. The first-order valence-corrected chi connectivity index (χ1v) is 9.04. The van der Waals surface area contributed by atoms with Crippen molar-refractivity contribution < 1.29 is 17.9 Å². The number of anilines is 1. The molecule has 21 heavy (non-hydrogen) atoms. The highest BCUT2D eigenvalue weighted by Gasteiger charge is 2.19. The Bertz CT molecular complexity index is 761. The van der Waals surface area contributed by atoms with Gasteiger partial charge in [-0.1, -0.05) is 11.6 Å². The molecule has 0 aliphatic heterocycles.